The second kappa shape index (κ2) is 12.8. The minimum absolute atomic E-state index is 0.498. The topological polar surface area (TPSA) is 95.9 Å². The van der Waals surface area contributed by atoms with E-state index in [9.17, 15) is 9.59 Å². The summed E-state index contributed by atoms with van der Waals surface area (Å²) in [6.07, 6.45) is 2.23. The SMILES string of the molecule is CC(C)COC[C@H]1CNCC[C@@H]1c1ccc(Cl)c(Cl)c1.O=C(O)/C=C/C(=O)O. The molecule has 3 N–H and O–H groups in total. The minimum atomic E-state index is -1.26. The van der Waals surface area contributed by atoms with Gasteiger partial charge in [-0.15, -0.1) is 0 Å². The number of carboxylic acid groups (broad SMARTS) is 2. The summed E-state index contributed by atoms with van der Waals surface area (Å²) in [6, 6.07) is 6.00. The molecule has 1 fully saturated rings. The monoisotopic (exact) mass is 431 g/mol. The number of halogens is 2. The Hall–Kier alpha value is -1.60. The van der Waals surface area contributed by atoms with Crippen molar-refractivity contribution < 1.29 is 24.5 Å². The Morgan fingerprint density at radius 1 is 1.21 bits per heavy atom. The maximum Gasteiger partial charge on any atom is 0.328 e. The third-order valence-corrected chi connectivity index (χ3v) is 4.87. The van der Waals surface area contributed by atoms with Crippen LogP contribution in [0.1, 0.15) is 31.7 Å². The van der Waals surface area contributed by atoms with Crippen LogP contribution in [0.15, 0.2) is 30.4 Å². The lowest BCUT2D eigenvalue weighted by molar-refractivity contribution is -0.134. The van der Waals surface area contributed by atoms with E-state index in [2.05, 4.69) is 25.2 Å². The molecule has 0 aromatic heterocycles. The summed E-state index contributed by atoms with van der Waals surface area (Å²) >= 11 is 12.2. The van der Waals surface area contributed by atoms with Gasteiger partial charge in [0.1, 0.15) is 0 Å². The molecule has 0 radical (unpaired) electrons. The molecule has 0 bridgehead atoms. The Morgan fingerprint density at radius 3 is 2.39 bits per heavy atom. The molecule has 2 rings (SSSR count). The average molecular weight is 432 g/mol. The van der Waals surface area contributed by atoms with Gasteiger partial charge in [-0.25, -0.2) is 9.59 Å². The molecule has 0 spiro atoms. The van der Waals surface area contributed by atoms with Crippen molar-refractivity contribution in [1.29, 1.82) is 0 Å². The van der Waals surface area contributed by atoms with Crippen molar-refractivity contribution in [1.82, 2.24) is 5.32 Å². The van der Waals surface area contributed by atoms with Crippen LogP contribution in [0.4, 0.5) is 0 Å². The Morgan fingerprint density at radius 2 is 1.86 bits per heavy atom. The first-order valence-electron chi connectivity index (χ1n) is 9.08. The second-order valence-corrected chi connectivity index (χ2v) is 7.79. The highest BCUT2D eigenvalue weighted by atomic mass is 35.5. The smallest absolute Gasteiger partial charge is 0.328 e. The molecular formula is C20H27Cl2NO5. The Balaban J connectivity index is 0.000000416. The number of aliphatic carboxylic acids is 2. The molecule has 8 heteroatoms. The van der Waals surface area contributed by atoms with Gasteiger partial charge in [0.15, 0.2) is 0 Å². The number of rotatable bonds is 7. The summed E-state index contributed by atoms with van der Waals surface area (Å²) in [5, 5.41) is 20.3. The van der Waals surface area contributed by atoms with E-state index in [1.807, 2.05) is 12.1 Å². The van der Waals surface area contributed by atoms with Crippen LogP contribution in [0.3, 0.4) is 0 Å². The highest BCUT2D eigenvalue weighted by Gasteiger charge is 2.27. The zero-order chi connectivity index (χ0) is 21.1. The molecule has 0 aliphatic carbocycles. The number of hydrogen-bond donors (Lipinski definition) is 3. The second-order valence-electron chi connectivity index (χ2n) is 6.97. The number of carbonyl (C=O) groups is 2. The quantitative estimate of drug-likeness (QED) is 0.563. The maximum atomic E-state index is 9.55. The van der Waals surface area contributed by atoms with Gasteiger partial charge in [0.2, 0.25) is 0 Å². The molecule has 1 heterocycles. The fourth-order valence-electron chi connectivity index (χ4n) is 2.88. The van der Waals surface area contributed by atoms with E-state index < -0.39 is 11.9 Å². The Labute approximate surface area is 175 Å². The van der Waals surface area contributed by atoms with Crippen molar-refractivity contribution in [3.63, 3.8) is 0 Å². The van der Waals surface area contributed by atoms with E-state index in [1.165, 1.54) is 5.56 Å². The van der Waals surface area contributed by atoms with Crippen LogP contribution in [0, 0.1) is 11.8 Å². The lowest BCUT2D eigenvalue weighted by atomic mass is 9.81. The number of piperidine rings is 1. The van der Waals surface area contributed by atoms with Crippen LogP contribution >= 0.6 is 23.2 Å². The molecular weight excluding hydrogens is 405 g/mol. The molecule has 1 aromatic carbocycles. The van der Waals surface area contributed by atoms with E-state index in [-0.39, 0.29) is 0 Å². The van der Waals surface area contributed by atoms with E-state index in [0.717, 1.165) is 32.7 Å². The third kappa shape index (κ3) is 9.55. The molecule has 1 saturated heterocycles. The van der Waals surface area contributed by atoms with E-state index >= 15 is 0 Å². The fourth-order valence-corrected chi connectivity index (χ4v) is 3.18. The summed E-state index contributed by atoms with van der Waals surface area (Å²) in [4.78, 5) is 19.1. The van der Waals surface area contributed by atoms with Gasteiger partial charge in [-0.3, -0.25) is 0 Å². The number of nitrogens with one attached hydrogen (secondary N) is 1. The molecule has 0 amide bonds. The summed E-state index contributed by atoms with van der Waals surface area (Å²) in [5.74, 6) is -0.937. The first kappa shape index (κ1) is 24.4. The van der Waals surface area contributed by atoms with Crippen molar-refractivity contribution >= 4 is 35.1 Å². The Bertz CT molecular complexity index is 663. The molecule has 0 unspecified atom stereocenters. The number of ether oxygens (including phenoxy) is 1. The molecule has 1 aliphatic heterocycles. The Kier molecular flexibility index (Phi) is 11.2. The molecule has 6 nitrogen and oxygen atoms in total. The standard InChI is InChI=1S/C16H23Cl2NO.C4H4O4/c1-11(2)9-20-10-13-8-19-6-5-14(13)12-3-4-15(17)16(18)7-12;5-3(6)1-2-4(7)8/h3-4,7,11,13-14,19H,5-6,8-10H2,1-2H3;1-2H,(H,5,6)(H,7,8)/b;2-1+/t13-,14-;/m1./s1. The molecule has 0 saturated carbocycles. The average Bonchev–Trinajstić information content (AvgIpc) is 2.63. The van der Waals surface area contributed by atoms with Crippen molar-refractivity contribution in [3.05, 3.63) is 46.0 Å². The summed E-state index contributed by atoms with van der Waals surface area (Å²) in [6.45, 7) is 8.03. The molecule has 1 aliphatic rings. The number of benzene rings is 1. The minimum Gasteiger partial charge on any atom is -0.478 e. The molecule has 28 heavy (non-hydrogen) atoms. The van der Waals surface area contributed by atoms with Crippen LogP contribution in [0.5, 0.6) is 0 Å². The van der Waals surface area contributed by atoms with Crippen molar-refractivity contribution in [2.45, 2.75) is 26.2 Å². The van der Waals surface area contributed by atoms with Gasteiger partial charge in [-0.1, -0.05) is 43.1 Å². The molecule has 156 valence electrons. The largest absolute Gasteiger partial charge is 0.478 e. The number of carboxylic acids is 2. The van der Waals surface area contributed by atoms with Crippen LogP contribution in [-0.2, 0) is 14.3 Å². The zero-order valence-electron chi connectivity index (χ0n) is 16.0. The van der Waals surface area contributed by atoms with Crippen molar-refractivity contribution in [2.75, 3.05) is 26.3 Å². The van der Waals surface area contributed by atoms with Crippen molar-refractivity contribution in [2.24, 2.45) is 11.8 Å². The van der Waals surface area contributed by atoms with Crippen molar-refractivity contribution in [3.8, 4) is 0 Å². The zero-order valence-corrected chi connectivity index (χ0v) is 17.5. The summed E-state index contributed by atoms with van der Waals surface area (Å²) in [5.41, 5.74) is 1.28. The van der Waals surface area contributed by atoms with Gasteiger partial charge >= 0.3 is 11.9 Å². The first-order valence-corrected chi connectivity index (χ1v) is 9.83. The normalized spacial score (nSPS) is 19.3. The van der Waals surface area contributed by atoms with Gasteiger partial charge in [-0.2, -0.15) is 0 Å². The van der Waals surface area contributed by atoms with E-state index in [0.29, 0.717) is 40.0 Å². The van der Waals surface area contributed by atoms with Crippen LogP contribution < -0.4 is 5.32 Å². The lowest BCUT2D eigenvalue weighted by Crippen LogP contribution is -2.38. The van der Waals surface area contributed by atoms with Gasteiger partial charge in [0.25, 0.3) is 0 Å². The summed E-state index contributed by atoms with van der Waals surface area (Å²) in [7, 11) is 0. The van der Waals surface area contributed by atoms with Crippen LogP contribution in [-0.4, -0.2) is 48.5 Å². The van der Waals surface area contributed by atoms with E-state index in [1.54, 1.807) is 0 Å². The molecule has 1 aromatic rings. The summed E-state index contributed by atoms with van der Waals surface area (Å²) < 4.78 is 5.84. The third-order valence-electron chi connectivity index (χ3n) is 4.13. The van der Waals surface area contributed by atoms with Gasteiger partial charge < -0.3 is 20.3 Å². The van der Waals surface area contributed by atoms with Gasteiger partial charge in [0, 0.05) is 31.2 Å². The lowest BCUT2D eigenvalue weighted by Gasteiger charge is -2.32. The first-order chi connectivity index (χ1) is 13.2. The fraction of sp³-hybridized carbons (Fsp3) is 0.500. The predicted octanol–water partition coefficient (Wildman–Crippen LogP) is 4.07. The van der Waals surface area contributed by atoms with Crippen LogP contribution in [0.2, 0.25) is 10.0 Å². The predicted molar refractivity (Wildman–Crippen MR) is 110 cm³/mol. The molecule has 2 atom stereocenters. The number of hydrogen-bond acceptors (Lipinski definition) is 4. The highest BCUT2D eigenvalue weighted by Crippen LogP contribution is 2.34. The van der Waals surface area contributed by atoms with E-state index in [4.69, 9.17) is 38.2 Å². The highest BCUT2D eigenvalue weighted by molar-refractivity contribution is 6.42. The van der Waals surface area contributed by atoms with Gasteiger partial charge in [-0.05, 0) is 42.5 Å². The maximum absolute atomic E-state index is 9.55. The van der Waals surface area contributed by atoms with Crippen LogP contribution in [0.25, 0.3) is 0 Å². The van der Waals surface area contributed by atoms with Gasteiger partial charge in [0.05, 0.1) is 16.7 Å².